The second-order valence-electron chi connectivity index (χ2n) is 7.86. The van der Waals surface area contributed by atoms with E-state index in [4.69, 9.17) is 37.9 Å². The highest BCUT2D eigenvalue weighted by Crippen LogP contribution is 2.17. The predicted octanol–water partition coefficient (Wildman–Crippen LogP) is 3.14. The van der Waals surface area contributed by atoms with Crippen LogP contribution in [-0.4, -0.2) is 104 Å². The van der Waals surface area contributed by atoms with Crippen LogP contribution in [0.4, 0.5) is 5.69 Å². The van der Waals surface area contributed by atoms with Gasteiger partial charge in [-0.1, -0.05) is 20.3 Å². The zero-order chi connectivity index (χ0) is 26.1. The maximum absolute atomic E-state index is 10.6. The second kappa shape index (κ2) is 23.5. The SMILES string of the molecule is CCC(C)COCCOCCOCCOCCOCCOCCOCCOc1ccc([N+](=O)[O-])cc1. The molecule has 1 unspecified atom stereocenters. The molecule has 1 aromatic rings. The summed E-state index contributed by atoms with van der Waals surface area (Å²) in [6, 6.07) is 5.92. The average Bonchev–Trinajstić information content (AvgIpc) is 2.89. The van der Waals surface area contributed by atoms with Gasteiger partial charge in [-0.2, -0.15) is 0 Å². The molecule has 0 radical (unpaired) electrons. The van der Waals surface area contributed by atoms with Crippen LogP contribution in [0.2, 0.25) is 0 Å². The number of nitrogens with zero attached hydrogens (tertiary/aromatic N) is 1. The standard InChI is InChI=1S/C25H43NO10/c1-3-23(2)22-35-19-18-33-15-14-31-11-10-29-8-9-30-12-13-32-16-17-34-20-21-36-25-6-4-24(5-7-25)26(27)28/h4-7,23H,3,8-22H2,1-2H3. The molecule has 0 heterocycles. The van der Waals surface area contributed by atoms with Crippen molar-refractivity contribution in [2.45, 2.75) is 20.3 Å². The first-order chi connectivity index (χ1) is 17.6. The lowest BCUT2D eigenvalue weighted by atomic mass is 10.1. The van der Waals surface area contributed by atoms with Crippen molar-refractivity contribution in [1.29, 1.82) is 0 Å². The normalized spacial score (nSPS) is 12.1. The fourth-order valence-corrected chi connectivity index (χ4v) is 2.60. The lowest BCUT2D eigenvalue weighted by Gasteiger charge is -2.10. The van der Waals surface area contributed by atoms with E-state index in [2.05, 4.69) is 13.8 Å². The van der Waals surface area contributed by atoms with Gasteiger partial charge in [-0.15, -0.1) is 0 Å². The summed E-state index contributed by atoms with van der Waals surface area (Å²) < 4.78 is 43.6. The smallest absolute Gasteiger partial charge is 0.269 e. The first-order valence-electron chi connectivity index (χ1n) is 12.5. The van der Waals surface area contributed by atoms with E-state index in [0.29, 0.717) is 104 Å². The van der Waals surface area contributed by atoms with Gasteiger partial charge in [-0.25, -0.2) is 0 Å². The molecule has 0 amide bonds. The molecule has 0 aliphatic heterocycles. The maximum atomic E-state index is 10.6. The lowest BCUT2D eigenvalue weighted by molar-refractivity contribution is -0.384. The minimum absolute atomic E-state index is 0.0314. The maximum Gasteiger partial charge on any atom is 0.269 e. The van der Waals surface area contributed by atoms with Gasteiger partial charge in [0.2, 0.25) is 0 Å². The van der Waals surface area contributed by atoms with Crippen LogP contribution in [0.25, 0.3) is 0 Å². The molecule has 11 nitrogen and oxygen atoms in total. The monoisotopic (exact) mass is 517 g/mol. The summed E-state index contributed by atoms with van der Waals surface area (Å²) in [6.07, 6.45) is 1.13. The summed E-state index contributed by atoms with van der Waals surface area (Å²) in [5.41, 5.74) is 0.0314. The summed E-state index contributed by atoms with van der Waals surface area (Å²) in [6.45, 7) is 12.1. The van der Waals surface area contributed by atoms with Crippen molar-refractivity contribution in [2.24, 2.45) is 5.92 Å². The Kier molecular flexibility index (Phi) is 21.0. The first-order valence-corrected chi connectivity index (χ1v) is 12.5. The van der Waals surface area contributed by atoms with Crippen molar-refractivity contribution in [2.75, 3.05) is 99.1 Å². The van der Waals surface area contributed by atoms with Gasteiger partial charge >= 0.3 is 0 Å². The zero-order valence-corrected chi connectivity index (χ0v) is 21.7. The number of nitro benzene ring substituents is 1. The number of non-ortho nitro benzene ring substituents is 1. The van der Waals surface area contributed by atoms with Crippen molar-refractivity contribution in [1.82, 2.24) is 0 Å². The third kappa shape index (κ3) is 19.3. The Labute approximate surface area is 214 Å². The highest BCUT2D eigenvalue weighted by Gasteiger charge is 2.04. The van der Waals surface area contributed by atoms with Gasteiger partial charge in [-0.05, 0) is 18.1 Å². The number of rotatable bonds is 26. The van der Waals surface area contributed by atoms with Gasteiger partial charge in [0.25, 0.3) is 5.69 Å². The molecular weight excluding hydrogens is 474 g/mol. The van der Waals surface area contributed by atoms with Gasteiger partial charge in [0, 0.05) is 18.7 Å². The summed E-state index contributed by atoms with van der Waals surface area (Å²) in [5.74, 6) is 1.16. The molecule has 0 aliphatic carbocycles. The highest BCUT2D eigenvalue weighted by atomic mass is 16.6. The van der Waals surface area contributed by atoms with E-state index in [0.717, 1.165) is 13.0 Å². The molecule has 0 fully saturated rings. The van der Waals surface area contributed by atoms with E-state index in [1.807, 2.05) is 0 Å². The van der Waals surface area contributed by atoms with Crippen LogP contribution in [0.1, 0.15) is 20.3 Å². The first kappa shape index (κ1) is 32.2. The molecular formula is C25H43NO10. The van der Waals surface area contributed by atoms with Gasteiger partial charge in [0.05, 0.1) is 90.8 Å². The van der Waals surface area contributed by atoms with Crippen molar-refractivity contribution < 1.29 is 42.8 Å². The van der Waals surface area contributed by atoms with Crippen LogP contribution in [0, 0.1) is 16.0 Å². The lowest BCUT2D eigenvalue weighted by Crippen LogP contribution is -2.15. The van der Waals surface area contributed by atoms with Crippen molar-refractivity contribution >= 4 is 5.69 Å². The van der Waals surface area contributed by atoms with E-state index in [9.17, 15) is 10.1 Å². The highest BCUT2D eigenvalue weighted by molar-refractivity contribution is 5.35. The van der Waals surface area contributed by atoms with Crippen molar-refractivity contribution in [3.05, 3.63) is 34.4 Å². The number of nitro groups is 1. The van der Waals surface area contributed by atoms with E-state index in [1.54, 1.807) is 12.1 Å². The van der Waals surface area contributed by atoms with Crippen LogP contribution in [0.15, 0.2) is 24.3 Å². The van der Waals surface area contributed by atoms with E-state index < -0.39 is 4.92 Å². The number of hydrogen-bond donors (Lipinski definition) is 0. The number of ether oxygens (including phenoxy) is 8. The third-order valence-electron chi connectivity index (χ3n) is 4.88. The topological polar surface area (TPSA) is 117 Å². The van der Waals surface area contributed by atoms with Gasteiger partial charge in [-0.3, -0.25) is 10.1 Å². The molecule has 11 heteroatoms. The molecule has 36 heavy (non-hydrogen) atoms. The predicted molar refractivity (Wildman–Crippen MR) is 134 cm³/mol. The Morgan fingerprint density at radius 1 is 0.639 bits per heavy atom. The third-order valence-corrected chi connectivity index (χ3v) is 4.88. The Balaban J connectivity index is 1.71. The molecule has 0 aliphatic rings. The van der Waals surface area contributed by atoms with Crippen LogP contribution in [0.3, 0.4) is 0 Å². The minimum Gasteiger partial charge on any atom is -0.491 e. The van der Waals surface area contributed by atoms with Gasteiger partial charge in [0.1, 0.15) is 12.4 Å². The zero-order valence-electron chi connectivity index (χ0n) is 21.7. The fourth-order valence-electron chi connectivity index (χ4n) is 2.60. The molecule has 0 spiro atoms. The minimum atomic E-state index is -0.449. The van der Waals surface area contributed by atoms with Crippen LogP contribution < -0.4 is 4.74 Å². The molecule has 0 bridgehead atoms. The molecule has 208 valence electrons. The van der Waals surface area contributed by atoms with Gasteiger partial charge < -0.3 is 37.9 Å². The van der Waals surface area contributed by atoms with Crippen LogP contribution >= 0.6 is 0 Å². The molecule has 1 atom stereocenters. The Bertz CT molecular complexity index is 632. The fraction of sp³-hybridized carbons (Fsp3) is 0.760. The molecule has 0 aromatic heterocycles. The van der Waals surface area contributed by atoms with Gasteiger partial charge in [0.15, 0.2) is 0 Å². The Hall–Kier alpha value is -1.86. The number of hydrogen-bond acceptors (Lipinski definition) is 10. The second-order valence-corrected chi connectivity index (χ2v) is 7.86. The summed E-state index contributed by atoms with van der Waals surface area (Å²) in [4.78, 5) is 10.2. The molecule has 0 saturated carbocycles. The van der Waals surface area contributed by atoms with Crippen molar-refractivity contribution in [3.63, 3.8) is 0 Å². The Morgan fingerprint density at radius 2 is 1.00 bits per heavy atom. The average molecular weight is 518 g/mol. The van der Waals surface area contributed by atoms with Crippen molar-refractivity contribution in [3.8, 4) is 5.75 Å². The quantitative estimate of drug-likeness (QED) is 0.103. The molecule has 0 saturated heterocycles. The van der Waals surface area contributed by atoms with Crippen LogP contribution in [0.5, 0.6) is 5.75 Å². The van der Waals surface area contributed by atoms with E-state index in [1.165, 1.54) is 12.1 Å². The summed E-state index contributed by atoms with van der Waals surface area (Å²) in [7, 11) is 0. The van der Waals surface area contributed by atoms with Crippen LogP contribution in [-0.2, 0) is 33.2 Å². The van der Waals surface area contributed by atoms with E-state index in [-0.39, 0.29) is 5.69 Å². The molecule has 0 N–H and O–H groups in total. The molecule has 1 rings (SSSR count). The number of benzene rings is 1. The largest absolute Gasteiger partial charge is 0.491 e. The summed E-state index contributed by atoms with van der Waals surface area (Å²) in [5, 5.41) is 10.6. The summed E-state index contributed by atoms with van der Waals surface area (Å²) >= 11 is 0. The molecule has 1 aromatic carbocycles. The Morgan fingerprint density at radius 3 is 1.36 bits per heavy atom. The van der Waals surface area contributed by atoms with E-state index >= 15 is 0 Å².